The fraction of sp³-hybridized carbons (Fsp3) is 0.429. The third-order valence-electron chi connectivity index (χ3n) is 8.57. The van der Waals surface area contributed by atoms with Crippen molar-refractivity contribution in [2.24, 2.45) is 0 Å². The molecule has 7 nitrogen and oxygen atoms in total. The SMILES string of the molecule is C[N+](CCOC(=O)OCOC(=O)CCC[N+]1(Cc2ccc(Cl)cc2Cl)CCCCC1)(Cc1ccc(Cl)cc1)Cc1ccc(Cl)c(Cl)c1. The van der Waals surface area contributed by atoms with Gasteiger partial charge in [0.25, 0.3) is 0 Å². The van der Waals surface area contributed by atoms with E-state index in [2.05, 4.69) is 7.05 Å². The Bertz CT molecular complexity index is 1500. The molecule has 3 aromatic carbocycles. The largest absolute Gasteiger partial charge is 0.511 e. The van der Waals surface area contributed by atoms with E-state index in [1.165, 1.54) is 6.42 Å². The highest BCUT2D eigenvalue weighted by molar-refractivity contribution is 6.42. The Kier molecular flexibility index (Phi) is 14.4. The zero-order valence-corrected chi connectivity index (χ0v) is 30.3. The molecule has 12 heteroatoms. The van der Waals surface area contributed by atoms with Crippen molar-refractivity contribution >= 4 is 70.1 Å². The highest BCUT2D eigenvalue weighted by Gasteiger charge is 2.31. The monoisotopic (exact) mass is 744 g/mol. The molecule has 254 valence electrons. The second kappa shape index (κ2) is 18.0. The summed E-state index contributed by atoms with van der Waals surface area (Å²) >= 11 is 31.0. The van der Waals surface area contributed by atoms with E-state index in [1.54, 1.807) is 12.1 Å². The summed E-state index contributed by atoms with van der Waals surface area (Å²) in [6, 6.07) is 18.8. The van der Waals surface area contributed by atoms with E-state index < -0.39 is 18.9 Å². The molecule has 0 aromatic heterocycles. The Balaban J connectivity index is 1.21. The number of carbonyl (C=O) groups excluding carboxylic acids is 2. The van der Waals surface area contributed by atoms with E-state index in [4.69, 9.17) is 72.2 Å². The molecule has 0 spiro atoms. The number of benzene rings is 3. The van der Waals surface area contributed by atoms with Crippen LogP contribution in [0.25, 0.3) is 0 Å². The second-order valence-electron chi connectivity index (χ2n) is 12.5. The maximum atomic E-state index is 12.5. The van der Waals surface area contributed by atoms with Crippen molar-refractivity contribution in [3.8, 4) is 0 Å². The van der Waals surface area contributed by atoms with Gasteiger partial charge >= 0.3 is 12.1 Å². The lowest BCUT2D eigenvalue weighted by molar-refractivity contribution is -0.945. The number of ether oxygens (including phenoxy) is 3. The number of likely N-dealkylation sites (tertiary alicyclic amines) is 1. The van der Waals surface area contributed by atoms with Crippen LogP contribution in [0.4, 0.5) is 4.79 Å². The number of likely N-dealkylation sites (N-methyl/N-ethyl adjacent to an activating group) is 1. The average Bonchev–Trinajstić information content (AvgIpc) is 3.02. The zero-order chi connectivity index (χ0) is 33.9. The number of piperidine rings is 1. The van der Waals surface area contributed by atoms with Crippen LogP contribution in [0.2, 0.25) is 25.1 Å². The first-order chi connectivity index (χ1) is 22.4. The molecule has 0 radical (unpaired) electrons. The minimum absolute atomic E-state index is 0.0931. The molecular weight excluding hydrogens is 706 g/mol. The van der Waals surface area contributed by atoms with Gasteiger partial charge in [-0.05, 0) is 55.7 Å². The molecule has 1 aliphatic heterocycles. The molecule has 0 bridgehead atoms. The molecule has 1 fully saturated rings. The molecule has 3 aromatic rings. The van der Waals surface area contributed by atoms with E-state index in [9.17, 15) is 9.59 Å². The quantitative estimate of drug-likeness (QED) is 0.0881. The number of esters is 1. The molecule has 4 rings (SSSR count). The standard InChI is InChI=1S/C35H41Cl5N2O5/c1-41(22-26-7-11-29(36)12-8-26,23-27-9-14-31(38)33(40)20-27)18-19-45-35(44)47-25-46-34(43)6-5-17-42(15-3-2-4-16-42)24-28-10-13-30(37)21-32(28)39/h7-14,20-21H,2-6,15-19,22-25H2,1H3/q+2. The number of halogens is 5. The van der Waals surface area contributed by atoms with Gasteiger partial charge in [-0.15, -0.1) is 0 Å². The topological polar surface area (TPSA) is 61.8 Å². The van der Waals surface area contributed by atoms with Crippen molar-refractivity contribution < 1.29 is 32.8 Å². The summed E-state index contributed by atoms with van der Waals surface area (Å²) < 4.78 is 16.9. The first kappa shape index (κ1) is 37.6. The first-order valence-electron chi connectivity index (χ1n) is 15.7. The second-order valence-corrected chi connectivity index (χ2v) is 14.6. The van der Waals surface area contributed by atoms with Crippen molar-refractivity contribution in [3.05, 3.63) is 102 Å². The maximum absolute atomic E-state index is 12.5. The molecular formula is C35H41Cl5N2O5+2. The third kappa shape index (κ3) is 12.3. The summed E-state index contributed by atoms with van der Waals surface area (Å²) in [6.07, 6.45) is 3.46. The summed E-state index contributed by atoms with van der Waals surface area (Å²) in [5.74, 6) is -0.425. The Labute approximate surface area is 302 Å². The number of nitrogens with zero attached hydrogens (tertiary/aromatic N) is 2. The molecule has 47 heavy (non-hydrogen) atoms. The molecule has 0 N–H and O–H groups in total. The Morgan fingerprint density at radius 2 is 1.43 bits per heavy atom. The zero-order valence-electron chi connectivity index (χ0n) is 26.5. The van der Waals surface area contributed by atoms with Crippen molar-refractivity contribution in [2.75, 3.05) is 46.6 Å². The Morgan fingerprint density at radius 3 is 2.13 bits per heavy atom. The molecule has 1 unspecified atom stereocenters. The summed E-state index contributed by atoms with van der Waals surface area (Å²) in [6.45, 7) is 5.04. The van der Waals surface area contributed by atoms with Gasteiger partial charge in [0.05, 0.1) is 48.2 Å². The highest BCUT2D eigenvalue weighted by atomic mass is 35.5. The van der Waals surface area contributed by atoms with Crippen LogP contribution in [0.15, 0.2) is 60.7 Å². The number of rotatable bonds is 15. The van der Waals surface area contributed by atoms with E-state index in [1.807, 2.05) is 48.5 Å². The molecule has 0 aliphatic carbocycles. The molecule has 1 saturated heterocycles. The first-order valence-corrected chi connectivity index (χ1v) is 17.6. The maximum Gasteiger partial charge on any atom is 0.511 e. The minimum Gasteiger partial charge on any atom is -0.428 e. The van der Waals surface area contributed by atoms with Gasteiger partial charge in [-0.3, -0.25) is 4.79 Å². The van der Waals surface area contributed by atoms with Crippen molar-refractivity contribution in [1.29, 1.82) is 0 Å². The highest BCUT2D eigenvalue weighted by Crippen LogP contribution is 2.29. The summed E-state index contributed by atoms with van der Waals surface area (Å²) in [5, 5.41) is 2.91. The fourth-order valence-corrected chi connectivity index (χ4v) is 7.06. The summed E-state index contributed by atoms with van der Waals surface area (Å²) in [7, 11) is 2.06. The predicted molar refractivity (Wildman–Crippen MR) is 188 cm³/mol. The van der Waals surface area contributed by atoms with Gasteiger partial charge in [0.2, 0.25) is 6.79 Å². The average molecular weight is 747 g/mol. The lowest BCUT2D eigenvalue weighted by Gasteiger charge is -2.42. The third-order valence-corrected chi connectivity index (χ3v) is 10.2. The van der Waals surface area contributed by atoms with E-state index >= 15 is 0 Å². The van der Waals surface area contributed by atoms with Crippen LogP contribution in [0, 0.1) is 0 Å². The summed E-state index contributed by atoms with van der Waals surface area (Å²) in [4.78, 5) is 24.8. The number of quaternary nitrogens is 2. The van der Waals surface area contributed by atoms with Crippen LogP contribution >= 0.6 is 58.0 Å². The van der Waals surface area contributed by atoms with Gasteiger partial charge in [-0.25, -0.2) is 4.79 Å². The summed E-state index contributed by atoms with van der Waals surface area (Å²) in [5.41, 5.74) is 3.13. The van der Waals surface area contributed by atoms with Crippen LogP contribution in [-0.2, 0) is 38.6 Å². The Morgan fingerprint density at radius 1 is 0.745 bits per heavy atom. The lowest BCUT2D eigenvalue weighted by atomic mass is 10.0. The van der Waals surface area contributed by atoms with Gasteiger partial charge in [0, 0.05) is 33.2 Å². The van der Waals surface area contributed by atoms with Crippen molar-refractivity contribution in [3.63, 3.8) is 0 Å². The normalized spacial score (nSPS) is 15.4. The van der Waals surface area contributed by atoms with Gasteiger partial charge < -0.3 is 23.2 Å². The van der Waals surface area contributed by atoms with E-state index in [-0.39, 0.29) is 13.0 Å². The number of hydrogen-bond donors (Lipinski definition) is 0. The van der Waals surface area contributed by atoms with Crippen molar-refractivity contribution in [2.45, 2.75) is 51.7 Å². The lowest BCUT2D eigenvalue weighted by Crippen LogP contribution is -2.51. The number of carbonyl (C=O) groups is 2. The molecule has 1 atom stereocenters. The van der Waals surface area contributed by atoms with Crippen molar-refractivity contribution in [1.82, 2.24) is 0 Å². The van der Waals surface area contributed by atoms with Gasteiger partial charge in [0.15, 0.2) is 0 Å². The van der Waals surface area contributed by atoms with Crippen LogP contribution in [0.5, 0.6) is 0 Å². The Hall–Kier alpha value is -2.23. The van der Waals surface area contributed by atoms with Gasteiger partial charge in [-0.2, -0.15) is 0 Å². The van der Waals surface area contributed by atoms with E-state index in [0.29, 0.717) is 55.7 Å². The smallest absolute Gasteiger partial charge is 0.428 e. The van der Waals surface area contributed by atoms with Gasteiger partial charge in [-0.1, -0.05) is 82.3 Å². The van der Waals surface area contributed by atoms with Crippen LogP contribution in [0.1, 0.15) is 48.8 Å². The predicted octanol–water partition coefficient (Wildman–Crippen LogP) is 9.74. The number of hydrogen-bond acceptors (Lipinski definition) is 5. The van der Waals surface area contributed by atoms with Crippen LogP contribution < -0.4 is 0 Å². The van der Waals surface area contributed by atoms with Gasteiger partial charge in [0.1, 0.15) is 32.8 Å². The fourth-order valence-electron chi connectivity index (χ4n) is 6.14. The minimum atomic E-state index is -0.900. The molecule has 1 aliphatic rings. The molecule has 1 heterocycles. The van der Waals surface area contributed by atoms with E-state index in [0.717, 1.165) is 60.2 Å². The van der Waals surface area contributed by atoms with Crippen LogP contribution in [-0.4, -0.2) is 67.7 Å². The molecule has 0 amide bonds. The molecule has 0 saturated carbocycles. The van der Waals surface area contributed by atoms with Crippen LogP contribution in [0.3, 0.4) is 0 Å².